The Labute approximate surface area is 112 Å². The summed E-state index contributed by atoms with van der Waals surface area (Å²) >= 11 is 0. The van der Waals surface area contributed by atoms with Crippen molar-refractivity contribution >= 4 is 0 Å². The Morgan fingerprint density at radius 2 is 2.05 bits per heavy atom. The van der Waals surface area contributed by atoms with Crippen LogP contribution in [0.3, 0.4) is 0 Å². The first-order valence-corrected chi connectivity index (χ1v) is 6.66. The summed E-state index contributed by atoms with van der Waals surface area (Å²) in [5.41, 5.74) is 0.835. The van der Waals surface area contributed by atoms with Crippen molar-refractivity contribution in [1.29, 1.82) is 0 Å². The van der Waals surface area contributed by atoms with Gasteiger partial charge in [0, 0.05) is 31.1 Å². The van der Waals surface area contributed by atoms with Crippen molar-refractivity contribution in [2.45, 2.75) is 58.3 Å². The maximum absolute atomic E-state index is 12.3. The van der Waals surface area contributed by atoms with E-state index in [1.165, 1.54) is 0 Å². The fourth-order valence-electron chi connectivity index (χ4n) is 1.93. The van der Waals surface area contributed by atoms with E-state index >= 15 is 0 Å². The molecule has 1 rings (SSSR count). The van der Waals surface area contributed by atoms with Crippen molar-refractivity contribution in [1.82, 2.24) is 15.1 Å². The smallest absolute Gasteiger partial charge is 0.314 e. The summed E-state index contributed by atoms with van der Waals surface area (Å²) < 4.78 is 38.6. The van der Waals surface area contributed by atoms with E-state index < -0.39 is 12.6 Å². The van der Waals surface area contributed by atoms with E-state index in [1.807, 2.05) is 37.7 Å². The first kappa shape index (κ1) is 16.0. The number of aromatic nitrogens is 2. The minimum Gasteiger partial charge on any atom is -0.314 e. The van der Waals surface area contributed by atoms with E-state index in [9.17, 15) is 13.2 Å². The van der Waals surface area contributed by atoms with Crippen LogP contribution in [0.2, 0.25) is 0 Å². The standard InChI is InChI=1S/C13H22F3N3/c1-4-17-11(5-7-13(14,15)16)9-12-6-8-19(18-12)10(2)3/h6,8,10-11,17H,4-5,7,9H2,1-3H3. The fraction of sp³-hybridized carbons (Fsp3) is 0.769. The Morgan fingerprint density at radius 3 is 2.53 bits per heavy atom. The lowest BCUT2D eigenvalue weighted by molar-refractivity contribution is -0.136. The summed E-state index contributed by atoms with van der Waals surface area (Å²) in [7, 11) is 0. The zero-order valence-electron chi connectivity index (χ0n) is 11.7. The second-order valence-electron chi connectivity index (χ2n) is 4.99. The van der Waals surface area contributed by atoms with Gasteiger partial charge < -0.3 is 5.32 Å². The molecular formula is C13H22F3N3. The summed E-state index contributed by atoms with van der Waals surface area (Å²) in [5.74, 6) is 0. The fourth-order valence-corrected chi connectivity index (χ4v) is 1.93. The molecule has 0 aliphatic carbocycles. The number of nitrogens with one attached hydrogen (secondary N) is 1. The van der Waals surface area contributed by atoms with Crippen molar-refractivity contribution in [3.05, 3.63) is 18.0 Å². The Balaban J connectivity index is 2.56. The number of nitrogens with zero attached hydrogens (tertiary/aromatic N) is 2. The van der Waals surface area contributed by atoms with E-state index in [0.29, 0.717) is 13.0 Å². The van der Waals surface area contributed by atoms with E-state index in [2.05, 4.69) is 10.4 Å². The van der Waals surface area contributed by atoms with Crippen LogP contribution in [0.25, 0.3) is 0 Å². The molecular weight excluding hydrogens is 255 g/mol. The van der Waals surface area contributed by atoms with E-state index in [-0.39, 0.29) is 18.5 Å². The molecule has 0 amide bonds. The Morgan fingerprint density at radius 1 is 1.37 bits per heavy atom. The van der Waals surface area contributed by atoms with Crippen molar-refractivity contribution < 1.29 is 13.2 Å². The maximum Gasteiger partial charge on any atom is 0.389 e. The molecule has 19 heavy (non-hydrogen) atoms. The molecule has 1 aromatic heterocycles. The molecule has 0 saturated carbocycles. The van der Waals surface area contributed by atoms with Gasteiger partial charge in [-0.2, -0.15) is 18.3 Å². The topological polar surface area (TPSA) is 29.9 Å². The summed E-state index contributed by atoms with van der Waals surface area (Å²) in [6, 6.07) is 1.96. The van der Waals surface area contributed by atoms with Crippen LogP contribution in [0.5, 0.6) is 0 Å². The summed E-state index contributed by atoms with van der Waals surface area (Å²) in [6.07, 6.45) is -2.36. The summed E-state index contributed by atoms with van der Waals surface area (Å²) in [6.45, 7) is 6.59. The Kier molecular flexibility index (Phi) is 5.85. The lowest BCUT2D eigenvalue weighted by Crippen LogP contribution is -2.32. The number of rotatable bonds is 7. The first-order chi connectivity index (χ1) is 8.81. The van der Waals surface area contributed by atoms with Gasteiger partial charge in [0.15, 0.2) is 0 Å². The average Bonchev–Trinajstić information content (AvgIpc) is 2.74. The van der Waals surface area contributed by atoms with E-state index in [4.69, 9.17) is 0 Å². The molecule has 1 unspecified atom stereocenters. The third-order valence-electron chi connectivity index (χ3n) is 2.92. The molecule has 0 bridgehead atoms. The highest BCUT2D eigenvalue weighted by Gasteiger charge is 2.28. The Hall–Kier alpha value is -1.04. The first-order valence-electron chi connectivity index (χ1n) is 6.66. The summed E-state index contributed by atoms with van der Waals surface area (Å²) in [4.78, 5) is 0. The molecule has 1 atom stereocenters. The van der Waals surface area contributed by atoms with Crippen molar-refractivity contribution in [3.63, 3.8) is 0 Å². The third-order valence-corrected chi connectivity index (χ3v) is 2.92. The van der Waals surface area contributed by atoms with Gasteiger partial charge >= 0.3 is 6.18 Å². The Bertz CT molecular complexity index is 371. The largest absolute Gasteiger partial charge is 0.389 e. The molecule has 3 nitrogen and oxygen atoms in total. The van der Waals surface area contributed by atoms with Crippen molar-refractivity contribution in [3.8, 4) is 0 Å². The highest BCUT2D eigenvalue weighted by atomic mass is 19.4. The number of halogens is 3. The maximum atomic E-state index is 12.3. The highest BCUT2D eigenvalue weighted by Crippen LogP contribution is 2.23. The lowest BCUT2D eigenvalue weighted by atomic mass is 10.1. The molecule has 0 aliphatic rings. The number of alkyl halides is 3. The zero-order chi connectivity index (χ0) is 14.5. The van der Waals surface area contributed by atoms with Gasteiger partial charge in [-0.1, -0.05) is 6.92 Å². The number of hydrogen-bond acceptors (Lipinski definition) is 2. The second kappa shape index (κ2) is 6.93. The van der Waals surface area contributed by atoms with Gasteiger partial charge in [0.2, 0.25) is 0 Å². The minimum atomic E-state index is -4.09. The quantitative estimate of drug-likeness (QED) is 0.828. The van der Waals surface area contributed by atoms with Crippen LogP contribution in [0.4, 0.5) is 13.2 Å². The zero-order valence-corrected chi connectivity index (χ0v) is 11.7. The van der Waals surface area contributed by atoms with E-state index in [0.717, 1.165) is 5.69 Å². The molecule has 1 heterocycles. The molecule has 1 aromatic rings. The molecule has 0 aliphatic heterocycles. The molecule has 0 aromatic carbocycles. The monoisotopic (exact) mass is 277 g/mol. The van der Waals surface area contributed by atoms with Gasteiger partial charge in [-0.25, -0.2) is 0 Å². The molecule has 0 radical (unpaired) electrons. The van der Waals surface area contributed by atoms with Gasteiger partial charge in [0.25, 0.3) is 0 Å². The highest BCUT2D eigenvalue weighted by molar-refractivity contribution is 5.02. The number of likely N-dealkylation sites (N-methyl/N-ethyl adjacent to an activating group) is 1. The molecule has 0 fully saturated rings. The van der Waals surface area contributed by atoms with Crippen molar-refractivity contribution in [2.75, 3.05) is 6.54 Å². The molecule has 0 spiro atoms. The normalized spacial score (nSPS) is 14.1. The summed E-state index contributed by atoms with van der Waals surface area (Å²) in [5, 5.41) is 7.46. The average molecular weight is 277 g/mol. The van der Waals surface area contributed by atoms with Gasteiger partial charge in [-0.15, -0.1) is 0 Å². The molecule has 1 N–H and O–H groups in total. The van der Waals surface area contributed by atoms with Gasteiger partial charge in [-0.3, -0.25) is 4.68 Å². The van der Waals surface area contributed by atoms with Crippen LogP contribution in [0.1, 0.15) is 45.3 Å². The molecule has 6 heteroatoms. The van der Waals surface area contributed by atoms with Gasteiger partial charge in [0.1, 0.15) is 0 Å². The molecule has 110 valence electrons. The van der Waals surface area contributed by atoms with Crippen LogP contribution < -0.4 is 5.32 Å². The van der Waals surface area contributed by atoms with E-state index in [1.54, 1.807) is 0 Å². The second-order valence-corrected chi connectivity index (χ2v) is 4.99. The van der Waals surface area contributed by atoms with Crippen LogP contribution >= 0.6 is 0 Å². The van der Waals surface area contributed by atoms with Crippen molar-refractivity contribution in [2.24, 2.45) is 0 Å². The van der Waals surface area contributed by atoms with Crippen LogP contribution in [-0.2, 0) is 6.42 Å². The predicted octanol–water partition coefficient (Wildman–Crippen LogP) is 3.33. The predicted molar refractivity (Wildman–Crippen MR) is 69.1 cm³/mol. The van der Waals surface area contributed by atoms with Gasteiger partial charge in [-0.05, 0) is 32.9 Å². The van der Waals surface area contributed by atoms with Crippen LogP contribution in [-0.4, -0.2) is 28.5 Å². The van der Waals surface area contributed by atoms with Crippen LogP contribution in [0, 0.1) is 0 Å². The minimum absolute atomic E-state index is 0.0892. The number of hydrogen-bond donors (Lipinski definition) is 1. The van der Waals surface area contributed by atoms with Crippen LogP contribution in [0.15, 0.2) is 12.3 Å². The lowest BCUT2D eigenvalue weighted by Gasteiger charge is -2.17. The van der Waals surface area contributed by atoms with Gasteiger partial charge in [0.05, 0.1) is 5.69 Å². The SMILES string of the molecule is CCNC(CCC(F)(F)F)Cc1ccn(C(C)C)n1. The molecule has 0 saturated heterocycles. The third kappa shape index (κ3) is 6.09.